The summed E-state index contributed by atoms with van der Waals surface area (Å²) in [4.78, 5) is 18.0. The van der Waals surface area contributed by atoms with E-state index >= 15 is 0 Å². The molecule has 2 aromatic carbocycles. The fourth-order valence-corrected chi connectivity index (χ4v) is 3.58. The number of hydrogen-bond acceptors (Lipinski definition) is 5. The molecule has 0 saturated heterocycles. The van der Waals surface area contributed by atoms with Crippen molar-refractivity contribution in [3.63, 3.8) is 0 Å². The molecule has 0 saturated carbocycles. The Morgan fingerprint density at radius 3 is 2.66 bits per heavy atom. The highest BCUT2D eigenvalue weighted by Gasteiger charge is 2.11. The number of aryl methyl sites for hydroxylation is 1. The maximum atomic E-state index is 12.4. The van der Waals surface area contributed by atoms with E-state index in [1.807, 2.05) is 55.5 Å². The number of aromatic nitrogens is 1. The minimum absolute atomic E-state index is 0.231. The van der Waals surface area contributed by atoms with Crippen LogP contribution in [0, 0.1) is 6.92 Å². The van der Waals surface area contributed by atoms with E-state index in [4.69, 9.17) is 9.47 Å². The summed E-state index contributed by atoms with van der Waals surface area (Å²) in [5, 5.41) is 3.41. The maximum absolute atomic E-state index is 12.4. The van der Waals surface area contributed by atoms with Crippen molar-refractivity contribution in [1.82, 2.24) is 4.98 Å². The van der Waals surface area contributed by atoms with Gasteiger partial charge in [0.25, 0.3) is 0 Å². The number of para-hydroxylation sites is 1. The van der Waals surface area contributed by atoms with Crippen molar-refractivity contribution in [1.29, 1.82) is 0 Å². The number of rotatable bonds is 8. The van der Waals surface area contributed by atoms with Crippen LogP contribution in [-0.2, 0) is 4.79 Å². The molecule has 0 bridgehead atoms. The van der Waals surface area contributed by atoms with Crippen molar-refractivity contribution < 1.29 is 14.3 Å². The number of ether oxygens (including phenoxy) is 2. The third-order valence-electron chi connectivity index (χ3n) is 4.19. The van der Waals surface area contributed by atoms with Crippen LogP contribution in [-0.4, -0.2) is 24.6 Å². The zero-order valence-corrected chi connectivity index (χ0v) is 17.6. The first-order chi connectivity index (χ1) is 14.1. The van der Waals surface area contributed by atoms with Crippen LogP contribution in [0.1, 0.15) is 23.8 Å². The average molecular weight is 409 g/mol. The fraction of sp³-hybridized carbons (Fsp3) is 0.217. The molecule has 0 unspecified atom stereocenters. The van der Waals surface area contributed by atoms with Gasteiger partial charge in [-0.15, -0.1) is 11.3 Å². The summed E-state index contributed by atoms with van der Waals surface area (Å²) in [5.41, 5.74) is 2.71. The van der Waals surface area contributed by atoms with Crippen LogP contribution < -0.4 is 14.8 Å². The average Bonchev–Trinajstić information content (AvgIpc) is 3.11. The Balaban J connectivity index is 1.69. The van der Waals surface area contributed by atoms with Crippen molar-refractivity contribution in [2.24, 2.45) is 0 Å². The summed E-state index contributed by atoms with van der Waals surface area (Å²) in [5.74, 6) is 1.33. The van der Waals surface area contributed by atoms with E-state index < -0.39 is 0 Å². The molecule has 1 N–H and O–H groups in total. The molecule has 1 aromatic heterocycles. The highest BCUT2D eigenvalue weighted by atomic mass is 32.1. The molecule has 0 atom stereocenters. The number of nitrogens with zero attached hydrogens (tertiary/aromatic N) is 1. The Morgan fingerprint density at radius 2 is 1.93 bits per heavy atom. The lowest BCUT2D eigenvalue weighted by Crippen LogP contribution is -2.07. The van der Waals surface area contributed by atoms with E-state index in [0.717, 1.165) is 39.6 Å². The van der Waals surface area contributed by atoms with E-state index in [0.29, 0.717) is 11.7 Å². The number of hydrogen-bond donors (Lipinski definition) is 1. The van der Waals surface area contributed by atoms with Crippen LogP contribution >= 0.6 is 11.3 Å². The number of methoxy groups -OCH3 is 1. The Bertz CT molecular complexity index is 994. The summed E-state index contributed by atoms with van der Waals surface area (Å²) in [6, 6.07) is 15.4. The van der Waals surface area contributed by atoms with Crippen LogP contribution in [0.15, 0.2) is 54.6 Å². The first kappa shape index (κ1) is 20.6. The zero-order chi connectivity index (χ0) is 20.6. The number of thiazole rings is 1. The minimum atomic E-state index is -0.231. The van der Waals surface area contributed by atoms with Gasteiger partial charge in [-0.2, -0.15) is 0 Å². The van der Waals surface area contributed by atoms with Crippen molar-refractivity contribution in [3.05, 3.63) is 65.0 Å². The Kier molecular flexibility index (Phi) is 7.03. The largest absolute Gasteiger partial charge is 0.497 e. The number of nitrogens with one attached hydrogen (secondary N) is 1. The Labute approximate surface area is 175 Å². The summed E-state index contributed by atoms with van der Waals surface area (Å²) in [7, 11) is 1.64. The highest BCUT2D eigenvalue weighted by molar-refractivity contribution is 7.16. The predicted molar refractivity (Wildman–Crippen MR) is 119 cm³/mol. The molecule has 0 aliphatic rings. The smallest absolute Gasteiger partial charge is 0.250 e. The van der Waals surface area contributed by atoms with Gasteiger partial charge in [-0.05, 0) is 49.8 Å². The van der Waals surface area contributed by atoms with Crippen molar-refractivity contribution in [3.8, 4) is 22.8 Å². The van der Waals surface area contributed by atoms with Gasteiger partial charge in [0.1, 0.15) is 11.5 Å². The van der Waals surface area contributed by atoms with Gasteiger partial charge in [0.05, 0.1) is 19.4 Å². The number of anilines is 1. The second-order valence-corrected chi connectivity index (χ2v) is 7.56. The van der Waals surface area contributed by atoms with Gasteiger partial charge in [-0.1, -0.05) is 25.1 Å². The lowest BCUT2D eigenvalue weighted by molar-refractivity contribution is -0.111. The molecule has 5 nitrogen and oxygen atoms in total. The van der Waals surface area contributed by atoms with Crippen molar-refractivity contribution in [2.75, 3.05) is 19.0 Å². The number of carbonyl (C=O) groups excluding carboxylic acids is 1. The monoisotopic (exact) mass is 408 g/mol. The van der Waals surface area contributed by atoms with Crippen molar-refractivity contribution >= 4 is 28.5 Å². The van der Waals surface area contributed by atoms with Gasteiger partial charge in [-0.25, -0.2) is 4.98 Å². The number of amides is 1. The first-order valence-electron chi connectivity index (χ1n) is 9.43. The van der Waals surface area contributed by atoms with E-state index in [-0.39, 0.29) is 5.91 Å². The predicted octanol–water partition coefficient (Wildman–Crippen LogP) is 5.57. The molecule has 0 aliphatic heterocycles. The molecular weight excluding hydrogens is 384 g/mol. The quantitative estimate of drug-likeness (QED) is 0.495. The zero-order valence-electron chi connectivity index (χ0n) is 16.8. The molecule has 6 heteroatoms. The maximum Gasteiger partial charge on any atom is 0.250 e. The second kappa shape index (κ2) is 9.89. The SMILES string of the molecule is CCCOc1ccccc1/C=C/C(=O)Nc1nc(-c2ccc(OC)cc2)c(C)s1. The number of benzene rings is 2. The lowest BCUT2D eigenvalue weighted by Gasteiger charge is -2.07. The topological polar surface area (TPSA) is 60.5 Å². The van der Waals surface area contributed by atoms with Crippen molar-refractivity contribution in [2.45, 2.75) is 20.3 Å². The fourth-order valence-electron chi connectivity index (χ4n) is 2.74. The minimum Gasteiger partial charge on any atom is -0.497 e. The molecule has 29 heavy (non-hydrogen) atoms. The van der Waals surface area contributed by atoms with Crippen LogP contribution in [0.5, 0.6) is 11.5 Å². The summed E-state index contributed by atoms with van der Waals surface area (Å²) in [6.07, 6.45) is 4.18. The second-order valence-electron chi connectivity index (χ2n) is 6.36. The molecule has 0 fully saturated rings. The van der Waals surface area contributed by atoms with E-state index in [1.54, 1.807) is 13.2 Å². The summed E-state index contributed by atoms with van der Waals surface area (Å²) >= 11 is 1.45. The van der Waals surface area contributed by atoms with Crippen LogP contribution in [0.25, 0.3) is 17.3 Å². The molecule has 3 aromatic rings. The molecule has 1 amide bonds. The first-order valence-corrected chi connectivity index (χ1v) is 10.2. The highest BCUT2D eigenvalue weighted by Crippen LogP contribution is 2.31. The van der Waals surface area contributed by atoms with E-state index in [1.165, 1.54) is 17.4 Å². The molecule has 0 radical (unpaired) electrons. The van der Waals surface area contributed by atoms with Gasteiger partial charge < -0.3 is 9.47 Å². The standard InChI is InChI=1S/C23H24N2O3S/c1-4-15-28-20-8-6-5-7-17(20)11-14-21(26)24-23-25-22(16(2)29-23)18-9-12-19(27-3)13-10-18/h5-14H,4,15H2,1-3H3,(H,24,25,26)/b14-11+. The molecule has 0 spiro atoms. The molecule has 1 heterocycles. The Hall–Kier alpha value is -3.12. The third-order valence-corrected chi connectivity index (χ3v) is 5.07. The van der Waals surface area contributed by atoms with E-state index in [9.17, 15) is 4.79 Å². The van der Waals surface area contributed by atoms with E-state index in [2.05, 4.69) is 17.2 Å². The van der Waals surface area contributed by atoms with Crippen LogP contribution in [0.2, 0.25) is 0 Å². The van der Waals surface area contributed by atoms with Crippen LogP contribution in [0.4, 0.5) is 5.13 Å². The van der Waals surface area contributed by atoms with Gasteiger partial charge >= 0.3 is 0 Å². The normalized spacial score (nSPS) is 10.9. The summed E-state index contributed by atoms with van der Waals surface area (Å²) in [6.45, 7) is 4.69. The van der Waals surface area contributed by atoms with Crippen LogP contribution in [0.3, 0.4) is 0 Å². The van der Waals surface area contributed by atoms with Gasteiger partial charge in [-0.3, -0.25) is 10.1 Å². The molecule has 0 aliphatic carbocycles. The summed E-state index contributed by atoms with van der Waals surface area (Å²) < 4.78 is 10.9. The Morgan fingerprint density at radius 1 is 1.17 bits per heavy atom. The third kappa shape index (κ3) is 5.45. The molecular formula is C23H24N2O3S. The van der Waals surface area contributed by atoms with Gasteiger partial charge in [0, 0.05) is 22.1 Å². The van der Waals surface area contributed by atoms with Gasteiger partial charge in [0.15, 0.2) is 5.13 Å². The number of carbonyl (C=O) groups is 1. The lowest BCUT2D eigenvalue weighted by atomic mass is 10.1. The molecule has 150 valence electrons. The molecule has 3 rings (SSSR count). The van der Waals surface area contributed by atoms with Gasteiger partial charge in [0.2, 0.25) is 5.91 Å².